The Bertz CT molecular complexity index is 1430. The summed E-state index contributed by atoms with van der Waals surface area (Å²) in [6.07, 6.45) is -4.45. The lowest BCUT2D eigenvalue weighted by Gasteiger charge is -2.17. The largest absolute Gasteiger partial charge is 0.484 e. The molecule has 1 saturated heterocycles. The molecule has 12 heteroatoms. The standard InChI is InChI=1S/C28H24F3N3O6/c29-28(30,31)19-2-1-3-20(12-19)33-25(35)15-38-22-7-5-21(6-8-22)34-14-18(11-26(34)36)27(37)32-13-17-4-9-23-24(10-17)40-16-39-23/h1-10,12,18H,11,13-16H2,(H,32,37)(H,33,35)/t18-/m1/s1. The molecular formula is C28H24F3N3O6. The molecule has 3 amide bonds. The van der Waals surface area contributed by atoms with E-state index in [1.807, 2.05) is 6.07 Å². The molecule has 0 aromatic heterocycles. The van der Waals surface area contributed by atoms with Crippen LogP contribution in [0.15, 0.2) is 66.7 Å². The van der Waals surface area contributed by atoms with E-state index in [2.05, 4.69) is 10.6 Å². The number of hydrogen-bond acceptors (Lipinski definition) is 6. The first-order valence-corrected chi connectivity index (χ1v) is 12.3. The number of ether oxygens (including phenoxy) is 3. The summed E-state index contributed by atoms with van der Waals surface area (Å²) in [4.78, 5) is 39.0. The second-order valence-corrected chi connectivity index (χ2v) is 9.22. The molecule has 0 aliphatic carbocycles. The van der Waals surface area contributed by atoms with Gasteiger partial charge in [0.15, 0.2) is 18.1 Å². The van der Waals surface area contributed by atoms with Gasteiger partial charge in [-0.05, 0) is 60.2 Å². The molecule has 3 aromatic carbocycles. The lowest BCUT2D eigenvalue weighted by atomic mass is 10.1. The zero-order valence-corrected chi connectivity index (χ0v) is 21.0. The van der Waals surface area contributed by atoms with Crippen LogP contribution in [0.5, 0.6) is 17.2 Å². The SMILES string of the molecule is O=C(COc1ccc(N2C[C@H](C(=O)NCc3ccc4c(c3)OCO4)CC2=O)cc1)Nc1cccc(C(F)(F)F)c1. The number of carbonyl (C=O) groups is 3. The number of hydrogen-bond donors (Lipinski definition) is 2. The summed E-state index contributed by atoms with van der Waals surface area (Å²) in [6, 6.07) is 16.1. The van der Waals surface area contributed by atoms with Crippen molar-refractivity contribution < 1.29 is 41.8 Å². The summed E-state index contributed by atoms with van der Waals surface area (Å²) in [5.74, 6) is 0.0228. The highest BCUT2D eigenvalue weighted by Crippen LogP contribution is 2.33. The predicted octanol–water partition coefficient (Wildman–Crippen LogP) is 4.12. The number of halogens is 3. The maximum atomic E-state index is 12.9. The third-order valence-corrected chi connectivity index (χ3v) is 6.39. The van der Waals surface area contributed by atoms with Crippen molar-refractivity contribution in [1.29, 1.82) is 0 Å². The van der Waals surface area contributed by atoms with Crippen LogP contribution in [0.25, 0.3) is 0 Å². The highest BCUT2D eigenvalue weighted by Gasteiger charge is 2.35. The number of alkyl halides is 3. The lowest BCUT2D eigenvalue weighted by Crippen LogP contribution is -2.32. The Morgan fingerprint density at radius 3 is 2.55 bits per heavy atom. The van der Waals surface area contributed by atoms with Crippen molar-refractivity contribution in [2.24, 2.45) is 5.92 Å². The van der Waals surface area contributed by atoms with E-state index in [4.69, 9.17) is 14.2 Å². The molecule has 5 rings (SSSR count). The van der Waals surface area contributed by atoms with E-state index in [0.717, 1.165) is 17.7 Å². The molecule has 0 unspecified atom stereocenters. The minimum absolute atomic E-state index is 0.000743. The van der Waals surface area contributed by atoms with E-state index in [-0.39, 0.29) is 43.8 Å². The smallest absolute Gasteiger partial charge is 0.416 e. The molecule has 2 N–H and O–H groups in total. The van der Waals surface area contributed by atoms with Crippen molar-refractivity contribution >= 4 is 29.1 Å². The van der Waals surface area contributed by atoms with Gasteiger partial charge in [-0.1, -0.05) is 12.1 Å². The van der Waals surface area contributed by atoms with E-state index in [9.17, 15) is 27.6 Å². The molecular weight excluding hydrogens is 531 g/mol. The fourth-order valence-corrected chi connectivity index (χ4v) is 4.36. The fraction of sp³-hybridized carbons (Fsp3) is 0.250. The minimum atomic E-state index is -4.52. The Morgan fingerprint density at radius 1 is 1.00 bits per heavy atom. The van der Waals surface area contributed by atoms with Crippen molar-refractivity contribution in [3.63, 3.8) is 0 Å². The van der Waals surface area contributed by atoms with Crippen molar-refractivity contribution in [3.05, 3.63) is 77.9 Å². The predicted molar refractivity (Wildman–Crippen MR) is 137 cm³/mol. The molecule has 2 aliphatic heterocycles. The third kappa shape index (κ3) is 6.28. The molecule has 40 heavy (non-hydrogen) atoms. The van der Waals surface area contributed by atoms with E-state index in [0.29, 0.717) is 22.9 Å². The number of carbonyl (C=O) groups excluding carboxylic acids is 3. The zero-order valence-electron chi connectivity index (χ0n) is 21.0. The molecule has 0 bridgehead atoms. The Balaban J connectivity index is 1.10. The number of nitrogens with zero attached hydrogens (tertiary/aromatic N) is 1. The Kier molecular flexibility index (Phi) is 7.50. The van der Waals surface area contributed by atoms with E-state index in [1.54, 1.807) is 36.4 Å². The van der Waals surface area contributed by atoms with Gasteiger partial charge in [-0.3, -0.25) is 14.4 Å². The molecule has 208 valence electrons. The van der Waals surface area contributed by atoms with Gasteiger partial charge in [0.05, 0.1) is 11.5 Å². The molecule has 0 saturated carbocycles. The molecule has 2 heterocycles. The van der Waals surface area contributed by atoms with Crippen LogP contribution in [-0.4, -0.2) is 37.7 Å². The first kappa shape index (κ1) is 26.9. The van der Waals surface area contributed by atoms with Crippen molar-refractivity contribution in [3.8, 4) is 17.2 Å². The highest BCUT2D eigenvalue weighted by molar-refractivity contribution is 6.00. The van der Waals surface area contributed by atoms with Gasteiger partial charge in [0, 0.05) is 30.9 Å². The monoisotopic (exact) mass is 555 g/mol. The second kappa shape index (κ2) is 11.2. The zero-order chi connectivity index (χ0) is 28.3. The molecule has 3 aromatic rings. The van der Waals surface area contributed by atoms with Crippen LogP contribution in [0.3, 0.4) is 0 Å². The summed E-state index contributed by atoms with van der Waals surface area (Å²) >= 11 is 0. The van der Waals surface area contributed by atoms with Crippen LogP contribution in [-0.2, 0) is 27.1 Å². The third-order valence-electron chi connectivity index (χ3n) is 6.39. The molecule has 1 fully saturated rings. The molecule has 0 radical (unpaired) electrons. The average molecular weight is 556 g/mol. The summed E-state index contributed by atoms with van der Waals surface area (Å²) in [5, 5.41) is 5.23. The van der Waals surface area contributed by atoms with Crippen LogP contribution in [0, 0.1) is 5.92 Å². The first-order valence-electron chi connectivity index (χ1n) is 12.3. The second-order valence-electron chi connectivity index (χ2n) is 9.22. The van der Waals surface area contributed by atoms with Gasteiger partial charge in [-0.15, -0.1) is 0 Å². The average Bonchev–Trinajstić information content (AvgIpc) is 3.57. The molecule has 1 atom stereocenters. The summed E-state index contributed by atoms with van der Waals surface area (Å²) < 4.78 is 54.6. The maximum absolute atomic E-state index is 12.9. The quantitative estimate of drug-likeness (QED) is 0.433. The number of nitrogens with one attached hydrogen (secondary N) is 2. The lowest BCUT2D eigenvalue weighted by molar-refractivity contribution is -0.137. The number of benzene rings is 3. The van der Waals surface area contributed by atoms with Crippen LogP contribution < -0.4 is 29.7 Å². The molecule has 9 nitrogen and oxygen atoms in total. The number of rotatable bonds is 8. The van der Waals surface area contributed by atoms with E-state index < -0.39 is 30.2 Å². The first-order chi connectivity index (χ1) is 19.2. The van der Waals surface area contributed by atoms with Crippen LogP contribution in [0.2, 0.25) is 0 Å². The Morgan fingerprint density at radius 2 is 1.77 bits per heavy atom. The van der Waals surface area contributed by atoms with E-state index >= 15 is 0 Å². The summed E-state index contributed by atoms with van der Waals surface area (Å²) in [7, 11) is 0. The van der Waals surface area contributed by atoms with Gasteiger partial charge >= 0.3 is 6.18 Å². The molecule has 2 aliphatic rings. The Hall–Kier alpha value is -4.74. The topological polar surface area (TPSA) is 106 Å². The van der Waals surface area contributed by atoms with Gasteiger partial charge in [-0.25, -0.2) is 0 Å². The van der Waals surface area contributed by atoms with Crippen LogP contribution >= 0.6 is 0 Å². The fourth-order valence-electron chi connectivity index (χ4n) is 4.36. The number of amides is 3. The van der Waals surface area contributed by atoms with E-state index in [1.165, 1.54) is 17.0 Å². The molecule has 0 spiro atoms. The Labute approximate surface area is 226 Å². The van der Waals surface area contributed by atoms with Crippen LogP contribution in [0.1, 0.15) is 17.5 Å². The van der Waals surface area contributed by atoms with Crippen molar-refractivity contribution in [2.75, 3.05) is 30.2 Å². The van der Waals surface area contributed by atoms with Crippen molar-refractivity contribution in [1.82, 2.24) is 5.32 Å². The van der Waals surface area contributed by atoms with Gasteiger partial charge < -0.3 is 29.7 Å². The van der Waals surface area contributed by atoms with Gasteiger partial charge in [0.25, 0.3) is 5.91 Å². The maximum Gasteiger partial charge on any atom is 0.416 e. The van der Waals surface area contributed by atoms with Crippen LogP contribution in [0.4, 0.5) is 24.5 Å². The van der Waals surface area contributed by atoms with Crippen molar-refractivity contribution in [2.45, 2.75) is 19.1 Å². The van der Waals surface area contributed by atoms with Gasteiger partial charge in [0.2, 0.25) is 18.6 Å². The summed E-state index contributed by atoms with van der Waals surface area (Å²) in [6.45, 7) is 0.236. The minimum Gasteiger partial charge on any atom is -0.484 e. The summed E-state index contributed by atoms with van der Waals surface area (Å²) in [5.41, 5.74) is 0.540. The highest BCUT2D eigenvalue weighted by atomic mass is 19.4. The number of fused-ring (bicyclic) bond motifs is 1. The normalized spacial score (nSPS) is 16.1. The van der Waals surface area contributed by atoms with Gasteiger partial charge in [-0.2, -0.15) is 13.2 Å². The van der Waals surface area contributed by atoms with Gasteiger partial charge in [0.1, 0.15) is 5.75 Å². The number of anilines is 2.